The summed E-state index contributed by atoms with van der Waals surface area (Å²) in [6.45, 7) is 20.6. The van der Waals surface area contributed by atoms with Crippen molar-refractivity contribution < 1.29 is 48.3 Å². The normalized spacial score (nSPS) is 14.4. The topological polar surface area (TPSA) is 207 Å². The minimum Gasteiger partial charge on any atom is -0.475 e. The smallest absolute Gasteiger partial charge is 0.379 e. The summed E-state index contributed by atoms with van der Waals surface area (Å²) in [5, 5.41) is 20.7. The maximum Gasteiger partial charge on any atom is 0.379 e. The zero-order valence-corrected chi connectivity index (χ0v) is 62.1. The third-order valence-electron chi connectivity index (χ3n) is 16.7. The summed E-state index contributed by atoms with van der Waals surface area (Å²) in [6, 6.07) is 38.0. The Bertz CT molecular complexity index is 3610. The van der Waals surface area contributed by atoms with Gasteiger partial charge >= 0.3 is 178 Å². The Labute approximate surface area is 582 Å². The number of aliphatic hydroxyl groups excluding tert-OH is 1. The van der Waals surface area contributed by atoms with Gasteiger partial charge in [-0.25, -0.2) is 9.59 Å². The van der Waals surface area contributed by atoms with Crippen molar-refractivity contribution in [1.29, 1.82) is 0 Å². The van der Waals surface area contributed by atoms with Gasteiger partial charge in [0.05, 0.1) is 57.2 Å². The van der Waals surface area contributed by atoms with E-state index in [-0.39, 0.29) is 12.2 Å². The van der Waals surface area contributed by atoms with Crippen LogP contribution in [-0.2, 0) is 54.8 Å². The summed E-state index contributed by atoms with van der Waals surface area (Å²) < 4.78 is 29.7. The molecule has 0 saturated carbocycles. The molecule has 3 saturated heterocycles. The van der Waals surface area contributed by atoms with Crippen molar-refractivity contribution in [2.45, 2.75) is 98.8 Å². The van der Waals surface area contributed by atoms with E-state index in [9.17, 15) is 19.2 Å². The van der Waals surface area contributed by atoms with Crippen molar-refractivity contribution in [1.82, 2.24) is 34.6 Å². The van der Waals surface area contributed by atoms with Crippen LogP contribution in [-0.4, -0.2) is 173 Å². The summed E-state index contributed by atoms with van der Waals surface area (Å²) >= 11 is 7.71. The number of nitrogens with zero attached hydrogens (tertiary/aromatic N) is 7. The number of rotatable bonds is 22. The summed E-state index contributed by atoms with van der Waals surface area (Å²) in [5.41, 5.74) is 6.44. The number of Topliss-reactive ketones (excluding diaryl/α,β-unsaturated/α-hetero) is 2. The van der Waals surface area contributed by atoms with E-state index in [0.717, 1.165) is 151 Å². The largest absolute Gasteiger partial charge is 0.475 e. The van der Waals surface area contributed by atoms with Crippen molar-refractivity contribution in [2.75, 3.05) is 86.0 Å². The standard InChI is InChI=1S/C22H20N2O4.C13H9BrO3.C10H13BrN2O.C10H13N2O.C6H6BrNO.3C4H9.Sn/c25-21(22(26)27)20-8-7-17(18-3-1-2-4-19(18)20)15-5-6-16(23-13-15)14-24-9-11-28-12-10-24;1-17-13(16)12(15)10-6-7-11(14)9-5-3-2-4-8(9)10;11-9-1-2-10(12-7-9)8-13-3-5-14-6-4-13;1-2-4-11-10(3-1)9-12-5-7-13-8-6-12;7-5-1-2-6(4-9)8-3-5;3*1-3-4-2;/h1-8,13H,9-12,14H2,(H,26,27);2-7H,1H3;1-2,7H,3-6,8H2;1,3-4H,5-9H2;1-3,9H,4H2;3*1,3-4H2,2H3;. The molecule has 3 aliphatic rings. The first-order chi connectivity index (χ1) is 45.7. The van der Waals surface area contributed by atoms with E-state index in [2.05, 4.69) is 127 Å². The number of carboxylic acid groups (broad SMARTS) is 1. The van der Waals surface area contributed by atoms with Crippen molar-refractivity contribution in [3.8, 4) is 11.1 Å². The van der Waals surface area contributed by atoms with Gasteiger partial charge in [-0.2, -0.15) is 0 Å². The number of aliphatic hydroxyl groups is 1. The molecule has 0 spiro atoms. The van der Waals surface area contributed by atoms with Crippen LogP contribution in [0.15, 0.2) is 160 Å². The van der Waals surface area contributed by atoms with E-state index >= 15 is 0 Å². The van der Waals surface area contributed by atoms with Gasteiger partial charge in [0, 0.05) is 88.0 Å². The van der Waals surface area contributed by atoms with Crippen LogP contribution < -0.4 is 3.58 Å². The third kappa shape index (κ3) is 23.5. The first kappa shape index (κ1) is 75.6. The van der Waals surface area contributed by atoms with Crippen LogP contribution in [0.1, 0.15) is 103 Å². The van der Waals surface area contributed by atoms with Gasteiger partial charge in [-0.05, 0) is 107 Å². The van der Waals surface area contributed by atoms with Gasteiger partial charge in [-0.3, -0.25) is 34.3 Å². The molecule has 0 unspecified atom stereocenters. The Morgan fingerprint density at radius 1 is 0.489 bits per heavy atom. The fourth-order valence-corrected chi connectivity index (χ4v) is 27.9. The molecule has 3 fully saturated rings. The Kier molecular flexibility index (Phi) is 32.8. The number of hydrogen-bond acceptors (Lipinski definition) is 16. The molecule has 0 aliphatic carbocycles. The number of carbonyl (C=O) groups is 4. The van der Waals surface area contributed by atoms with Crippen LogP contribution in [0, 0.1) is 0 Å². The van der Waals surface area contributed by atoms with Gasteiger partial charge < -0.3 is 24.4 Å². The second-order valence-corrected chi connectivity index (χ2v) is 39.2. The average molecular weight is 1580 g/mol. The van der Waals surface area contributed by atoms with Crippen molar-refractivity contribution in [2.24, 2.45) is 0 Å². The Balaban J connectivity index is 0.000000174. The predicted octanol–water partition coefficient (Wildman–Crippen LogP) is 13.9. The van der Waals surface area contributed by atoms with E-state index < -0.39 is 41.9 Å². The first-order valence-electron chi connectivity index (χ1n) is 32.4. The van der Waals surface area contributed by atoms with Crippen LogP contribution in [0.25, 0.3) is 32.7 Å². The summed E-state index contributed by atoms with van der Waals surface area (Å²) in [7, 11) is 1.20. The molecule has 500 valence electrons. The van der Waals surface area contributed by atoms with Crippen molar-refractivity contribution in [3.05, 3.63) is 193 Å². The number of aliphatic carboxylic acids is 1. The molecule has 17 nitrogen and oxygen atoms in total. The number of unbranched alkanes of at least 4 members (excludes halogenated alkanes) is 3. The first-order valence-corrected chi connectivity index (χ1v) is 42.3. The molecule has 0 amide bonds. The molecular weight excluding hydrogens is 1490 g/mol. The molecule has 3 aliphatic heterocycles. The van der Waals surface area contributed by atoms with Crippen LogP contribution in [0.3, 0.4) is 0 Å². The predicted molar refractivity (Wildman–Crippen MR) is 384 cm³/mol. The zero-order chi connectivity index (χ0) is 67.1. The summed E-state index contributed by atoms with van der Waals surface area (Å²) in [4.78, 5) is 71.1. The molecule has 4 aromatic heterocycles. The Morgan fingerprint density at radius 3 is 1.32 bits per heavy atom. The molecule has 21 heteroatoms. The number of carbonyl (C=O) groups excluding carboxylic acids is 3. The second kappa shape index (κ2) is 40.7. The number of aromatic nitrogens is 4. The van der Waals surface area contributed by atoms with Crippen LogP contribution in [0.5, 0.6) is 0 Å². The number of fused-ring (bicyclic) bond motifs is 2. The van der Waals surface area contributed by atoms with Crippen molar-refractivity contribution >= 4 is 115 Å². The summed E-state index contributed by atoms with van der Waals surface area (Å²) in [6.07, 6.45) is 15.9. The number of morpholine rings is 3. The monoisotopic (exact) mass is 1580 g/mol. The molecule has 8 aromatic rings. The van der Waals surface area contributed by atoms with Gasteiger partial charge in [-0.15, -0.1) is 0 Å². The zero-order valence-electron chi connectivity index (χ0n) is 54.5. The molecule has 7 heterocycles. The second-order valence-electron chi connectivity index (χ2n) is 23.2. The average Bonchev–Trinajstić information content (AvgIpc) is 0.821. The molecule has 11 rings (SSSR count). The number of methoxy groups -OCH3 is 1. The van der Waals surface area contributed by atoms with Crippen LogP contribution in [0.4, 0.5) is 0 Å². The molecule has 4 aromatic carbocycles. The SMILES string of the molecule is Brc1ccc(CN2CCOCC2)nc1.CCC[CH2][Sn]([CH2]CCC)([CH2]CCC)[c]1ccc(CN2CCOCC2)nc1.COC(=O)C(=O)c1ccc(Br)c2ccccc12.O=C(O)C(=O)c1ccc(-c2ccc(CN3CCOCC3)nc2)c2ccccc12.OCc1ccc(Br)cn1. The fraction of sp³-hybridized carbons (Fsp3) is 0.397. The number of halogens is 3. The van der Waals surface area contributed by atoms with E-state index in [1.165, 1.54) is 64.6 Å². The van der Waals surface area contributed by atoms with E-state index in [4.69, 9.17) is 29.4 Å². The number of carboxylic acids is 1. The van der Waals surface area contributed by atoms with Gasteiger partial charge in [0.1, 0.15) is 0 Å². The maximum atomic E-state index is 12.0. The van der Waals surface area contributed by atoms with E-state index in [0.29, 0.717) is 16.6 Å². The molecule has 0 bridgehead atoms. The van der Waals surface area contributed by atoms with Crippen molar-refractivity contribution in [3.63, 3.8) is 0 Å². The number of benzene rings is 4. The molecule has 0 radical (unpaired) electrons. The van der Waals surface area contributed by atoms with E-state index in [1.807, 2.05) is 67.0 Å². The minimum atomic E-state index is -2.30. The molecular formula is C73H88Br3N7O10Sn. The van der Waals surface area contributed by atoms with Gasteiger partial charge in [0.15, 0.2) is 0 Å². The Morgan fingerprint density at radius 2 is 0.904 bits per heavy atom. The Hall–Kier alpha value is -5.76. The van der Waals surface area contributed by atoms with Crippen LogP contribution in [0.2, 0.25) is 13.3 Å². The maximum absolute atomic E-state index is 12.0. The third-order valence-corrected chi connectivity index (χ3v) is 33.8. The number of esters is 1. The van der Waals surface area contributed by atoms with Gasteiger partial charge in [-0.1, -0.05) is 76.6 Å². The van der Waals surface area contributed by atoms with E-state index in [1.54, 1.807) is 58.3 Å². The molecule has 2 N–H and O–H groups in total. The summed E-state index contributed by atoms with van der Waals surface area (Å²) in [5.74, 6) is -3.83. The number of ketones is 2. The van der Waals surface area contributed by atoms with Gasteiger partial charge in [0.25, 0.3) is 11.6 Å². The number of pyridine rings is 4. The molecule has 0 atom stereocenters. The molecule has 94 heavy (non-hydrogen) atoms. The van der Waals surface area contributed by atoms with Gasteiger partial charge in [0.2, 0.25) is 0 Å². The number of ether oxygens (including phenoxy) is 4. The quantitative estimate of drug-likeness (QED) is 0.0280. The number of hydrogen-bond donors (Lipinski definition) is 2. The van der Waals surface area contributed by atoms with Crippen LogP contribution >= 0.6 is 47.8 Å². The fourth-order valence-electron chi connectivity index (χ4n) is 11.4. The minimum absolute atomic E-state index is 0.00722.